The van der Waals surface area contributed by atoms with Crippen LogP contribution in [0.2, 0.25) is 5.02 Å². The van der Waals surface area contributed by atoms with Crippen molar-refractivity contribution in [3.05, 3.63) is 64.4 Å². The van der Waals surface area contributed by atoms with Gasteiger partial charge in [-0.25, -0.2) is 4.39 Å². The number of halogens is 2. The van der Waals surface area contributed by atoms with Crippen molar-refractivity contribution in [1.29, 1.82) is 0 Å². The molecule has 2 nitrogen and oxygen atoms in total. The third-order valence-electron chi connectivity index (χ3n) is 3.43. The number of ether oxygens (including phenoxy) is 1. The Labute approximate surface area is 122 Å². The molecule has 2 aromatic carbocycles. The van der Waals surface area contributed by atoms with E-state index in [0.29, 0.717) is 13.1 Å². The van der Waals surface area contributed by atoms with E-state index < -0.39 is 0 Å². The lowest BCUT2D eigenvalue weighted by atomic mass is 10.1. The molecule has 1 atom stereocenters. The van der Waals surface area contributed by atoms with Gasteiger partial charge in [-0.2, -0.15) is 0 Å². The zero-order valence-corrected chi connectivity index (χ0v) is 11.7. The summed E-state index contributed by atoms with van der Waals surface area (Å²) >= 11 is 5.92. The fourth-order valence-corrected chi connectivity index (χ4v) is 2.61. The smallest absolute Gasteiger partial charge is 0.142 e. The van der Waals surface area contributed by atoms with Crippen LogP contribution in [0.5, 0.6) is 5.75 Å². The first-order valence-electron chi connectivity index (χ1n) is 6.62. The minimum absolute atomic E-state index is 0.125. The van der Waals surface area contributed by atoms with Gasteiger partial charge in [0.2, 0.25) is 0 Å². The van der Waals surface area contributed by atoms with Gasteiger partial charge in [-0.3, -0.25) is 0 Å². The zero-order chi connectivity index (χ0) is 13.9. The number of hydrogen-bond donors (Lipinski definition) is 1. The van der Waals surface area contributed by atoms with Gasteiger partial charge in [-0.15, -0.1) is 0 Å². The van der Waals surface area contributed by atoms with Gasteiger partial charge in [0, 0.05) is 19.5 Å². The third kappa shape index (κ3) is 2.79. The molecule has 2 aromatic rings. The van der Waals surface area contributed by atoms with E-state index in [1.165, 1.54) is 11.6 Å². The lowest BCUT2D eigenvalue weighted by Gasteiger charge is -2.12. The molecule has 20 heavy (non-hydrogen) atoms. The molecule has 0 fully saturated rings. The highest BCUT2D eigenvalue weighted by molar-refractivity contribution is 6.31. The van der Waals surface area contributed by atoms with Crippen LogP contribution in [0.1, 0.15) is 11.1 Å². The molecule has 1 aliphatic rings. The number of hydrogen-bond acceptors (Lipinski definition) is 2. The second-order valence-electron chi connectivity index (χ2n) is 4.90. The molecule has 1 heterocycles. The van der Waals surface area contributed by atoms with Gasteiger partial charge in [0.15, 0.2) is 0 Å². The Morgan fingerprint density at radius 2 is 2.05 bits per heavy atom. The van der Waals surface area contributed by atoms with Gasteiger partial charge in [-0.05, 0) is 23.3 Å². The zero-order valence-electron chi connectivity index (χ0n) is 10.9. The first-order chi connectivity index (χ1) is 9.74. The average molecular weight is 292 g/mol. The number of fused-ring (bicyclic) bond motifs is 1. The lowest BCUT2D eigenvalue weighted by molar-refractivity contribution is 0.227. The van der Waals surface area contributed by atoms with Crippen LogP contribution in [-0.2, 0) is 13.0 Å². The van der Waals surface area contributed by atoms with Crippen LogP contribution in [-0.4, -0.2) is 12.6 Å². The summed E-state index contributed by atoms with van der Waals surface area (Å²) in [5.74, 6) is 0.582. The Balaban J connectivity index is 1.53. The molecule has 0 saturated heterocycles. The van der Waals surface area contributed by atoms with Crippen molar-refractivity contribution in [2.24, 2.45) is 0 Å². The van der Waals surface area contributed by atoms with Gasteiger partial charge in [-0.1, -0.05) is 41.9 Å². The molecule has 0 aromatic heterocycles. The van der Waals surface area contributed by atoms with Crippen molar-refractivity contribution in [2.45, 2.75) is 19.1 Å². The quantitative estimate of drug-likeness (QED) is 0.930. The van der Waals surface area contributed by atoms with E-state index in [9.17, 15) is 4.39 Å². The lowest BCUT2D eigenvalue weighted by Crippen LogP contribution is -2.29. The van der Waals surface area contributed by atoms with Crippen molar-refractivity contribution in [1.82, 2.24) is 5.32 Å². The highest BCUT2D eigenvalue weighted by Crippen LogP contribution is 2.27. The van der Waals surface area contributed by atoms with Crippen molar-refractivity contribution < 1.29 is 9.13 Å². The molecule has 0 aliphatic carbocycles. The van der Waals surface area contributed by atoms with Crippen LogP contribution in [0.25, 0.3) is 0 Å². The van der Waals surface area contributed by atoms with E-state index in [0.717, 1.165) is 17.7 Å². The van der Waals surface area contributed by atoms with Gasteiger partial charge in [0.05, 0.1) is 5.02 Å². The topological polar surface area (TPSA) is 21.3 Å². The van der Waals surface area contributed by atoms with Crippen LogP contribution in [0.15, 0.2) is 42.5 Å². The standard InChI is InChI=1S/C16H15ClFNO/c17-16-12(5-3-6-14(16)18)9-19-10-13-8-11-4-1-2-7-15(11)20-13/h1-7,13,19H,8-10H2. The molecule has 0 amide bonds. The highest BCUT2D eigenvalue weighted by atomic mass is 35.5. The largest absolute Gasteiger partial charge is 0.488 e. The molecule has 1 aliphatic heterocycles. The first kappa shape index (κ1) is 13.4. The molecular weight excluding hydrogens is 277 g/mol. The molecule has 1 N–H and O–H groups in total. The molecular formula is C16H15ClFNO. The van der Waals surface area contributed by atoms with E-state index in [1.807, 2.05) is 24.3 Å². The maximum absolute atomic E-state index is 13.3. The Morgan fingerprint density at radius 1 is 1.20 bits per heavy atom. The molecule has 0 saturated carbocycles. The summed E-state index contributed by atoms with van der Waals surface area (Å²) in [5, 5.41) is 3.46. The fraction of sp³-hybridized carbons (Fsp3) is 0.250. The van der Waals surface area contributed by atoms with Crippen molar-refractivity contribution in [3.63, 3.8) is 0 Å². The number of nitrogens with one attached hydrogen (secondary N) is 1. The maximum atomic E-state index is 13.3. The van der Waals surface area contributed by atoms with Crippen LogP contribution < -0.4 is 10.1 Å². The summed E-state index contributed by atoms with van der Waals surface area (Å²) in [6.07, 6.45) is 1.03. The predicted molar refractivity (Wildman–Crippen MR) is 77.7 cm³/mol. The van der Waals surface area contributed by atoms with Crippen LogP contribution in [0, 0.1) is 5.82 Å². The number of para-hydroxylation sites is 1. The Morgan fingerprint density at radius 3 is 2.90 bits per heavy atom. The maximum Gasteiger partial charge on any atom is 0.142 e. The van der Waals surface area contributed by atoms with Crippen molar-refractivity contribution in [3.8, 4) is 5.75 Å². The van der Waals surface area contributed by atoms with Gasteiger partial charge >= 0.3 is 0 Å². The van der Waals surface area contributed by atoms with Gasteiger partial charge in [0.25, 0.3) is 0 Å². The van der Waals surface area contributed by atoms with E-state index >= 15 is 0 Å². The van der Waals surface area contributed by atoms with Crippen LogP contribution >= 0.6 is 11.6 Å². The Bertz CT molecular complexity index is 592. The Hall–Kier alpha value is -1.58. The van der Waals surface area contributed by atoms with Crippen LogP contribution in [0.3, 0.4) is 0 Å². The molecule has 1 unspecified atom stereocenters. The second-order valence-corrected chi connectivity index (χ2v) is 5.27. The summed E-state index contributed by atoms with van der Waals surface area (Å²) in [5.41, 5.74) is 2.00. The van der Waals surface area contributed by atoms with Gasteiger partial charge in [0.1, 0.15) is 17.7 Å². The molecule has 4 heteroatoms. The normalized spacial score (nSPS) is 16.8. The van der Waals surface area contributed by atoms with E-state index in [2.05, 4.69) is 11.4 Å². The van der Waals surface area contributed by atoms with Crippen molar-refractivity contribution >= 4 is 11.6 Å². The second kappa shape index (κ2) is 5.81. The molecule has 3 rings (SSSR count). The van der Waals surface area contributed by atoms with Crippen LogP contribution in [0.4, 0.5) is 4.39 Å². The average Bonchev–Trinajstić information content (AvgIpc) is 2.86. The monoisotopic (exact) mass is 291 g/mol. The highest BCUT2D eigenvalue weighted by Gasteiger charge is 2.21. The van der Waals surface area contributed by atoms with Crippen molar-refractivity contribution in [2.75, 3.05) is 6.54 Å². The third-order valence-corrected chi connectivity index (χ3v) is 3.86. The summed E-state index contributed by atoms with van der Waals surface area (Å²) in [4.78, 5) is 0. The molecule has 104 valence electrons. The minimum atomic E-state index is -0.379. The molecule has 0 radical (unpaired) electrons. The summed E-state index contributed by atoms with van der Waals surface area (Å²) in [6.45, 7) is 1.24. The van der Waals surface area contributed by atoms with E-state index in [1.54, 1.807) is 6.07 Å². The minimum Gasteiger partial charge on any atom is -0.488 e. The summed E-state index contributed by atoms with van der Waals surface area (Å²) in [6, 6.07) is 12.9. The summed E-state index contributed by atoms with van der Waals surface area (Å²) in [7, 11) is 0. The summed E-state index contributed by atoms with van der Waals surface area (Å²) < 4.78 is 19.1. The number of rotatable bonds is 4. The van der Waals surface area contributed by atoms with E-state index in [-0.39, 0.29) is 16.9 Å². The number of benzene rings is 2. The molecule has 0 spiro atoms. The Kier molecular flexibility index (Phi) is 3.90. The predicted octanol–water partition coefficient (Wildman–Crippen LogP) is 3.57. The fourth-order valence-electron chi connectivity index (χ4n) is 2.42. The van der Waals surface area contributed by atoms with Gasteiger partial charge < -0.3 is 10.1 Å². The SMILES string of the molecule is Fc1cccc(CNCC2Cc3ccccc3O2)c1Cl. The van der Waals surface area contributed by atoms with E-state index in [4.69, 9.17) is 16.3 Å². The first-order valence-corrected chi connectivity index (χ1v) is 7.00. The molecule has 0 bridgehead atoms.